The molecule has 0 N–H and O–H groups in total. The fourth-order valence-electron chi connectivity index (χ4n) is 1.63. The van der Waals surface area contributed by atoms with E-state index in [-0.39, 0.29) is 16.6 Å². The third-order valence-electron chi connectivity index (χ3n) is 2.33. The van der Waals surface area contributed by atoms with Crippen LogP contribution in [-0.4, -0.2) is 5.78 Å². The highest BCUT2D eigenvalue weighted by molar-refractivity contribution is 6.30. The van der Waals surface area contributed by atoms with Crippen molar-refractivity contribution in [3.8, 4) is 0 Å². The topological polar surface area (TPSA) is 17.1 Å². The molecule has 1 aliphatic rings. The Morgan fingerprint density at radius 2 is 2.08 bits per heavy atom. The standard InChI is InChI=1S/C10H8ClFO/c11-9-4-1-6-5-7(13)2-3-8(6)10(9)12/h1,4H,2-3,5H2. The van der Waals surface area contributed by atoms with E-state index < -0.39 is 0 Å². The highest BCUT2D eigenvalue weighted by Gasteiger charge is 2.19. The molecule has 0 aromatic heterocycles. The Bertz CT molecular complexity index is 373. The molecule has 3 heteroatoms. The number of carbonyl (C=O) groups excluding carboxylic acids is 1. The molecule has 1 aliphatic carbocycles. The van der Waals surface area contributed by atoms with Crippen molar-refractivity contribution in [3.63, 3.8) is 0 Å². The predicted molar refractivity (Wildman–Crippen MR) is 48.4 cm³/mol. The van der Waals surface area contributed by atoms with Crippen LogP contribution in [0.2, 0.25) is 5.02 Å². The SMILES string of the molecule is O=C1CCc2c(ccc(Cl)c2F)C1. The molecule has 0 amide bonds. The lowest BCUT2D eigenvalue weighted by atomic mass is 9.90. The van der Waals surface area contributed by atoms with E-state index in [1.807, 2.05) is 0 Å². The molecule has 1 aromatic carbocycles. The van der Waals surface area contributed by atoms with Crippen molar-refractivity contribution in [2.75, 3.05) is 0 Å². The van der Waals surface area contributed by atoms with Crippen molar-refractivity contribution in [2.45, 2.75) is 19.3 Å². The fourth-order valence-corrected chi connectivity index (χ4v) is 1.81. The molecule has 0 fully saturated rings. The molecular formula is C10H8ClFO. The molecule has 0 spiro atoms. The molecule has 0 bridgehead atoms. The minimum absolute atomic E-state index is 0.146. The van der Waals surface area contributed by atoms with Gasteiger partial charge in [-0.05, 0) is 23.6 Å². The maximum absolute atomic E-state index is 13.4. The van der Waals surface area contributed by atoms with Crippen LogP contribution in [0.1, 0.15) is 17.5 Å². The summed E-state index contributed by atoms with van der Waals surface area (Å²) in [5, 5.41) is 0.146. The average Bonchev–Trinajstić information content (AvgIpc) is 2.12. The lowest BCUT2D eigenvalue weighted by molar-refractivity contribution is -0.118. The maximum Gasteiger partial charge on any atom is 0.145 e. The Kier molecular flexibility index (Phi) is 2.08. The van der Waals surface area contributed by atoms with Gasteiger partial charge >= 0.3 is 0 Å². The van der Waals surface area contributed by atoms with Crippen molar-refractivity contribution in [1.29, 1.82) is 0 Å². The number of ketones is 1. The van der Waals surface area contributed by atoms with Crippen LogP contribution in [0.5, 0.6) is 0 Å². The van der Waals surface area contributed by atoms with Crippen LogP contribution in [0.25, 0.3) is 0 Å². The number of fused-ring (bicyclic) bond motifs is 1. The van der Waals surface area contributed by atoms with E-state index in [0.29, 0.717) is 24.8 Å². The first kappa shape index (κ1) is 8.70. The Balaban J connectivity index is 2.53. The number of Topliss-reactive ketones (excluding diaryl/α,β-unsaturated/α-hetero) is 1. The molecule has 0 atom stereocenters. The van der Waals surface area contributed by atoms with E-state index in [4.69, 9.17) is 11.6 Å². The summed E-state index contributed by atoms with van der Waals surface area (Å²) in [6.07, 6.45) is 1.27. The maximum atomic E-state index is 13.4. The van der Waals surface area contributed by atoms with Gasteiger partial charge in [0.15, 0.2) is 0 Å². The summed E-state index contributed by atoms with van der Waals surface area (Å²) >= 11 is 5.62. The zero-order valence-electron chi connectivity index (χ0n) is 6.94. The summed E-state index contributed by atoms with van der Waals surface area (Å²) in [4.78, 5) is 11.1. The summed E-state index contributed by atoms with van der Waals surface area (Å²) in [6, 6.07) is 3.24. The van der Waals surface area contributed by atoms with Gasteiger partial charge in [-0.15, -0.1) is 0 Å². The molecule has 0 heterocycles. The second-order valence-electron chi connectivity index (χ2n) is 3.21. The first-order valence-corrected chi connectivity index (χ1v) is 4.53. The van der Waals surface area contributed by atoms with Gasteiger partial charge in [-0.25, -0.2) is 4.39 Å². The second kappa shape index (κ2) is 3.11. The van der Waals surface area contributed by atoms with Crippen molar-refractivity contribution >= 4 is 17.4 Å². The van der Waals surface area contributed by atoms with Crippen LogP contribution in [0.15, 0.2) is 12.1 Å². The van der Waals surface area contributed by atoms with Gasteiger partial charge in [0, 0.05) is 12.8 Å². The number of hydrogen-bond donors (Lipinski definition) is 0. The zero-order valence-corrected chi connectivity index (χ0v) is 7.70. The Morgan fingerprint density at radius 3 is 2.85 bits per heavy atom. The fraction of sp³-hybridized carbons (Fsp3) is 0.300. The van der Waals surface area contributed by atoms with Crippen LogP contribution in [0.3, 0.4) is 0 Å². The summed E-state index contributed by atoms with van der Waals surface area (Å²) in [6.45, 7) is 0. The average molecular weight is 199 g/mol. The van der Waals surface area contributed by atoms with Crippen LogP contribution >= 0.6 is 11.6 Å². The van der Waals surface area contributed by atoms with E-state index in [1.54, 1.807) is 6.07 Å². The van der Waals surface area contributed by atoms with Gasteiger partial charge in [0.1, 0.15) is 11.6 Å². The zero-order chi connectivity index (χ0) is 9.42. The highest BCUT2D eigenvalue weighted by atomic mass is 35.5. The summed E-state index contributed by atoms with van der Waals surface area (Å²) in [5.74, 6) is -0.180. The van der Waals surface area contributed by atoms with Crippen molar-refractivity contribution < 1.29 is 9.18 Å². The second-order valence-corrected chi connectivity index (χ2v) is 3.62. The Morgan fingerprint density at radius 1 is 1.31 bits per heavy atom. The van der Waals surface area contributed by atoms with E-state index >= 15 is 0 Å². The van der Waals surface area contributed by atoms with Crippen molar-refractivity contribution in [1.82, 2.24) is 0 Å². The molecule has 1 nitrogen and oxygen atoms in total. The molecule has 0 saturated carbocycles. The number of carbonyl (C=O) groups is 1. The third kappa shape index (κ3) is 1.46. The lowest BCUT2D eigenvalue weighted by Gasteiger charge is -2.15. The number of benzene rings is 1. The quantitative estimate of drug-likeness (QED) is 0.626. The summed E-state index contributed by atoms with van der Waals surface area (Å²) in [7, 11) is 0. The molecule has 0 saturated heterocycles. The molecule has 0 unspecified atom stereocenters. The molecule has 68 valence electrons. The van der Waals surface area contributed by atoms with E-state index in [0.717, 1.165) is 5.56 Å². The molecule has 13 heavy (non-hydrogen) atoms. The van der Waals surface area contributed by atoms with Crippen molar-refractivity contribution in [2.24, 2.45) is 0 Å². The number of rotatable bonds is 0. The van der Waals surface area contributed by atoms with E-state index in [1.165, 1.54) is 6.07 Å². The Hall–Kier alpha value is -0.890. The van der Waals surface area contributed by atoms with Gasteiger partial charge in [-0.2, -0.15) is 0 Å². The molecule has 0 radical (unpaired) electrons. The highest BCUT2D eigenvalue weighted by Crippen LogP contribution is 2.26. The molecule has 1 aromatic rings. The smallest absolute Gasteiger partial charge is 0.145 e. The first-order chi connectivity index (χ1) is 6.18. The number of halogens is 2. The van der Waals surface area contributed by atoms with Gasteiger partial charge in [0.2, 0.25) is 0 Å². The minimum Gasteiger partial charge on any atom is -0.299 e. The van der Waals surface area contributed by atoms with Gasteiger partial charge in [0.05, 0.1) is 5.02 Å². The molecule has 0 aliphatic heterocycles. The normalized spacial score (nSPS) is 15.7. The molecular weight excluding hydrogens is 191 g/mol. The van der Waals surface area contributed by atoms with Gasteiger partial charge in [0.25, 0.3) is 0 Å². The van der Waals surface area contributed by atoms with Crippen LogP contribution in [-0.2, 0) is 17.6 Å². The minimum atomic E-state index is -0.355. The summed E-state index contributed by atoms with van der Waals surface area (Å²) < 4.78 is 13.4. The molecule has 2 rings (SSSR count). The summed E-state index contributed by atoms with van der Waals surface area (Å²) in [5.41, 5.74) is 1.41. The van der Waals surface area contributed by atoms with E-state index in [9.17, 15) is 9.18 Å². The van der Waals surface area contributed by atoms with Crippen LogP contribution in [0, 0.1) is 5.82 Å². The van der Waals surface area contributed by atoms with Crippen LogP contribution < -0.4 is 0 Å². The predicted octanol–water partition coefficient (Wildman–Crippen LogP) is 2.54. The van der Waals surface area contributed by atoms with Crippen molar-refractivity contribution in [3.05, 3.63) is 34.1 Å². The monoisotopic (exact) mass is 198 g/mol. The van der Waals surface area contributed by atoms with E-state index in [2.05, 4.69) is 0 Å². The first-order valence-electron chi connectivity index (χ1n) is 4.16. The lowest BCUT2D eigenvalue weighted by Crippen LogP contribution is -2.14. The van der Waals surface area contributed by atoms with Gasteiger partial charge in [-0.3, -0.25) is 4.79 Å². The van der Waals surface area contributed by atoms with Gasteiger partial charge < -0.3 is 0 Å². The number of hydrogen-bond acceptors (Lipinski definition) is 1. The van der Waals surface area contributed by atoms with Gasteiger partial charge in [-0.1, -0.05) is 17.7 Å². The Labute approximate surface area is 80.5 Å². The largest absolute Gasteiger partial charge is 0.299 e. The third-order valence-corrected chi connectivity index (χ3v) is 2.63. The van der Waals surface area contributed by atoms with Crippen LogP contribution in [0.4, 0.5) is 4.39 Å².